The van der Waals surface area contributed by atoms with Gasteiger partial charge in [0.1, 0.15) is 0 Å². The third-order valence-electron chi connectivity index (χ3n) is 4.73. The summed E-state index contributed by atoms with van der Waals surface area (Å²) >= 11 is 0. The molecule has 0 aromatic carbocycles. The van der Waals surface area contributed by atoms with Crippen LogP contribution in [0.2, 0.25) is 0 Å². The molecule has 0 heterocycles. The molecule has 2 aliphatic rings. The van der Waals surface area contributed by atoms with Crippen LogP contribution in [0.4, 0.5) is 0 Å². The molecule has 0 aromatic rings. The zero-order valence-corrected chi connectivity index (χ0v) is 11.2. The van der Waals surface area contributed by atoms with Crippen molar-refractivity contribution in [3.8, 4) is 0 Å². The average Bonchev–Trinajstić information content (AvgIpc) is 3.13. The summed E-state index contributed by atoms with van der Waals surface area (Å²) in [5, 5.41) is 13.4. The molecule has 0 amide bonds. The van der Waals surface area contributed by atoms with Gasteiger partial charge in [-0.05, 0) is 49.9 Å². The van der Waals surface area contributed by atoms with Crippen LogP contribution in [0.15, 0.2) is 0 Å². The highest BCUT2D eigenvalue weighted by molar-refractivity contribution is 4.93. The normalized spacial score (nSPS) is 35.8. The van der Waals surface area contributed by atoms with Crippen molar-refractivity contribution in [2.24, 2.45) is 11.3 Å². The van der Waals surface area contributed by atoms with Crippen molar-refractivity contribution in [1.29, 1.82) is 0 Å². The first kappa shape index (κ1) is 13.3. The number of hydrogen-bond donors (Lipinski definition) is 2. The number of rotatable bonds is 6. The van der Waals surface area contributed by atoms with E-state index in [9.17, 15) is 5.11 Å². The van der Waals surface area contributed by atoms with Crippen LogP contribution >= 0.6 is 0 Å². The Bertz CT molecular complexity index is 232. The van der Waals surface area contributed by atoms with Crippen LogP contribution in [0.25, 0.3) is 0 Å². The Balaban J connectivity index is 1.93. The lowest BCUT2D eigenvalue weighted by Crippen LogP contribution is -2.45. The van der Waals surface area contributed by atoms with Crippen molar-refractivity contribution in [2.45, 2.75) is 57.6 Å². The molecule has 0 bridgehead atoms. The van der Waals surface area contributed by atoms with Crippen molar-refractivity contribution in [3.05, 3.63) is 0 Å². The predicted octanol–water partition coefficient (Wildman–Crippen LogP) is 1.94. The number of nitrogens with one attached hydrogen (secondary N) is 1. The molecule has 100 valence electrons. The Morgan fingerprint density at radius 2 is 1.94 bits per heavy atom. The summed E-state index contributed by atoms with van der Waals surface area (Å²) in [7, 11) is 1.79. The van der Waals surface area contributed by atoms with E-state index in [2.05, 4.69) is 12.2 Å². The number of methoxy groups -OCH3 is 1. The maximum absolute atomic E-state index is 9.69. The summed E-state index contributed by atoms with van der Waals surface area (Å²) < 4.78 is 5.34. The largest absolute Gasteiger partial charge is 0.393 e. The molecule has 3 nitrogen and oxygen atoms in total. The van der Waals surface area contributed by atoms with Gasteiger partial charge in [-0.2, -0.15) is 0 Å². The standard InChI is InChI=1S/C14H27NO2/c1-11(9-17-2)14(10-15-12-3-4-12)7-5-13(16)6-8-14/h11-13,15-16H,3-10H2,1-2H3. The van der Waals surface area contributed by atoms with Gasteiger partial charge in [0.2, 0.25) is 0 Å². The molecule has 2 saturated carbocycles. The first-order chi connectivity index (χ1) is 8.16. The maximum atomic E-state index is 9.69. The van der Waals surface area contributed by atoms with Crippen LogP contribution in [-0.2, 0) is 4.74 Å². The highest BCUT2D eigenvalue weighted by Gasteiger charge is 2.40. The van der Waals surface area contributed by atoms with Crippen molar-refractivity contribution < 1.29 is 9.84 Å². The summed E-state index contributed by atoms with van der Waals surface area (Å²) in [5.41, 5.74) is 0.345. The van der Waals surface area contributed by atoms with Gasteiger partial charge in [-0.1, -0.05) is 6.92 Å². The second kappa shape index (κ2) is 5.68. The zero-order valence-electron chi connectivity index (χ0n) is 11.2. The molecule has 0 aliphatic heterocycles. The Morgan fingerprint density at radius 3 is 2.47 bits per heavy atom. The zero-order chi connectivity index (χ0) is 12.3. The number of ether oxygens (including phenoxy) is 1. The van der Waals surface area contributed by atoms with E-state index in [1.165, 1.54) is 12.8 Å². The summed E-state index contributed by atoms with van der Waals surface area (Å²) in [5.74, 6) is 0.575. The van der Waals surface area contributed by atoms with E-state index in [1.807, 2.05) is 0 Å². The van der Waals surface area contributed by atoms with Crippen LogP contribution in [0.5, 0.6) is 0 Å². The third kappa shape index (κ3) is 3.43. The molecule has 0 radical (unpaired) electrons. The lowest BCUT2D eigenvalue weighted by molar-refractivity contribution is 0.000850. The fourth-order valence-corrected chi connectivity index (χ4v) is 3.08. The van der Waals surface area contributed by atoms with Gasteiger partial charge in [-0.25, -0.2) is 0 Å². The maximum Gasteiger partial charge on any atom is 0.0540 e. The van der Waals surface area contributed by atoms with Gasteiger partial charge in [0.05, 0.1) is 6.10 Å². The molecule has 1 unspecified atom stereocenters. The van der Waals surface area contributed by atoms with E-state index in [4.69, 9.17) is 4.74 Å². The van der Waals surface area contributed by atoms with E-state index < -0.39 is 0 Å². The van der Waals surface area contributed by atoms with E-state index in [0.717, 1.165) is 44.9 Å². The third-order valence-corrected chi connectivity index (χ3v) is 4.73. The first-order valence-corrected chi connectivity index (χ1v) is 7.07. The molecule has 0 aromatic heterocycles. The van der Waals surface area contributed by atoms with Crippen LogP contribution in [0.1, 0.15) is 45.4 Å². The molecule has 0 spiro atoms. The van der Waals surface area contributed by atoms with Crippen LogP contribution in [0, 0.1) is 11.3 Å². The Labute approximate surface area is 105 Å². The minimum absolute atomic E-state index is 0.0706. The van der Waals surface area contributed by atoms with E-state index in [1.54, 1.807) is 7.11 Å². The van der Waals surface area contributed by atoms with Crippen molar-refractivity contribution in [3.63, 3.8) is 0 Å². The molecule has 3 heteroatoms. The van der Waals surface area contributed by atoms with Gasteiger partial charge >= 0.3 is 0 Å². The fraction of sp³-hybridized carbons (Fsp3) is 1.00. The van der Waals surface area contributed by atoms with E-state index in [-0.39, 0.29) is 6.10 Å². The molecule has 0 saturated heterocycles. The Hall–Kier alpha value is -0.120. The summed E-state index contributed by atoms with van der Waals surface area (Å²) in [6.45, 7) is 4.24. The second-order valence-electron chi connectivity index (χ2n) is 6.11. The topological polar surface area (TPSA) is 41.5 Å². The van der Waals surface area contributed by atoms with E-state index >= 15 is 0 Å². The van der Waals surface area contributed by atoms with Gasteiger partial charge in [-0.3, -0.25) is 0 Å². The van der Waals surface area contributed by atoms with Crippen molar-refractivity contribution in [2.75, 3.05) is 20.3 Å². The SMILES string of the molecule is COCC(C)C1(CNC2CC2)CCC(O)CC1. The van der Waals surface area contributed by atoms with E-state index in [0.29, 0.717) is 11.3 Å². The van der Waals surface area contributed by atoms with Crippen molar-refractivity contribution in [1.82, 2.24) is 5.32 Å². The molecule has 2 rings (SSSR count). The molecular formula is C14H27NO2. The molecule has 2 fully saturated rings. The smallest absolute Gasteiger partial charge is 0.0540 e. The lowest BCUT2D eigenvalue weighted by atomic mass is 9.66. The first-order valence-electron chi connectivity index (χ1n) is 7.07. The quantitative estimate of drug-likeness (QED) is 0.747. The average molecular weight is 241 g/mol. The minimum Gasteiger partial charge on any atom is -0.393 e. The Morgan fingerprint density at radius 1 is 1.29 bits per heavy atom. The molecular weight excluding hydrogens is 214 g/mol. The Kier molecular flexibility index (Phi) is 4.45. The highest BCUT2D eigenvalue weighted by atomic mass is 16.5. The van der Waals surface area contributed by atoms with Crippen LogP contribution < -0.4 is 5.32 Å². The second-order valence-corrected chi connectivity index (χ2v) is 6.11. The van der Waals surface area contributed by atoms with Gasteiger partial charge in [0.15, 0.2) is 0 Å². The summed E-state index contributed by atoms with van der Waals surface area (Å²) in [6, 6.07) is 0.772. The van der Waals surface area contributed by atoms with Gasteiger partial charge in [0, 0.05) is 26.3 Å². The number of hydrogen-bond acceptors (Lipinski definition) is 3. The van der Waals surface area contributed by atoms with Crippen LogP contribution in [0.3, 0.4) is 0 Å². The molecule has 2 aliphatic carbocycles. The fourth-order valence-electron chi connectivity index (χ4n) is 3.08. The molecule has 2 N–H and O–H groups in total. The van der Waals surface area contributed by atoms with Crippen molar-refractivity contribution >= 4 is 0 Å². The number of aliphatic hydroxyl groups is 1. The summed E-state index contributed by atoms with van der Waals surface area (Å²) in [4.78, 5) is 0. The van der Waals surface area contributed by atoms with Gasteiger partial charge in [-0.15, -0.1) is 0 Å². The summed E-state index contributed by atoms with van der Waals surface area (Å²) in [6.07, 6.45) is 6.81. The van der Waals surface area contributed by atoms with Gasteiger partial charge < -0.3 is 15.2 Å². The monoisotopic (exact) mass is 241 g/mol. The minimum atomic E-state index is -0.0706. The highest BCUT2D eigenvalue weighted by Crippen LogP contribution is 2.42. The molecule has 17 heavy (non-hydrogen) atoms. The van der Waals surface area contributed by atoms with Gasteiger partial charge in [0.25, 0.3) is 0 Å². The predicted molar refractivity (Wildman–Crippen MR) is 69.0 cm³/mol. The molecule has 1 atom stereocenters. The lowest BCUT2D eigenvalue weighted by Gasteiger charge is -2.43. The number of aliphatic hydroxyl groups excluding tert-OH is 1. The van der Waals surface area contributed by atoms with Crippen LogP contribution in [-0.4, -0.2) is 37.5 Å².